The number of fused-ring (bicyclic) bond motifs is 1. The van der Waals surface area contributed by atoms with Crippen LogP contribution in [-0.2, 0) is 6.42 Å². The predicted molar refractivity (Wildman–Crippen MR) is 74.1 cm³/mol. The molecule has 0 amide bonds. The molecule has 0 spiro atoms. The van der Waals surface area contributed by atoms with Gasteiger partial charge in [-0.05, 0) is 24.1 Å². The van der Waals surface area contributed by atoms with Gasteiger partial charge in [0.05, 0.1) is 0 Å². The van der Waals surface area contributed by atoms with Gasteiger partial charge in [0.1, 0.15) is 13.2 Å². The Hall–Kier alpha value is -1.18. The van der Waals surface area contributed by atoms with Gasteiger partial charge in [-0.2, -0.15) is 0 Å². The van der Waals surface area contributed by atoms with Crippen molar-refractivity contribution in [3.05, 3.63) is 23.8 Å². The van der Waals surface area contributed by atoms with E-state index in [4.69, 9.17) is 9.47 Å². The van der Waals surface area contributed by atoms with Crippen LogP contribution in [0.2, 0.25) is 0 Å². The topological polar surface area (TPSA) is 18.5 Å². The Morgan fingerprint density at radius 3 is 2.00 bits per heavy atom. The SMILES string of the molecule is CC.CCC.CCc1ccc2c(c1)OCCO2. The van der Waals surface area contributed by atoms with Gasteiger partial charge in [0.25, 0.3) is 0 Å². The van der Waals surface area contributed by atoms with E-state index < -0.39 is 0 Å². The highest BCUT2D eigenvalue weighted by Gasteiger charge is 2.10. The molecule has 0 aliphatic carbocycles. The summed E-state index contributed by atoms with van der Waals surface area (Å²) in [4.78, 5) is 0. The molecule has 1 aliphatic rings. The van der Waals surface area contributed by atoms with Gasteiger partial charge in [0, 0.05) is 0 Å². The second kappa shape index (κ2) is 10.0. The zero-order valence-corrected chi connectivity index (χ0v) is 11.9. The summed E-state index contributed by atoms with van der Waals surface area (Å²) >= 11 is 0. The Labute approximate surface area is 106 Å². The van der Waals surface area contributed by atoms with E-state index in [1.54, 1.807) is 0 Å². The highest BCUT2D eigenvalue weighted by molar-refractivity contribution is 5.43. The second-order valence-electron chi connectivity index (χ2n) is 3.54. The van der Waals surface area contributed by atoms with E-state index in [0.29, 0.717) is 13.2 Å². The fraction of sp³-hybridized carbons (Fsp3) is 0.600. The van der Waals surface area contributed by atoms with Crippen molar-refractivity contribution in [1.82, 2.24) is 0 Å². The van der Waals surface area contributed by atoms with E-state index in [9.17, 15) is 0 Å². The quantitative estimate of drug-likeness (QED) is 0.719. The van der Waals surface area contributed by atoms with Crippen molar-refractivity contribution in [3.63, 3.8) is 0 Å². The molecule has 0 fully saturated rings. The van der Waals surface area contributed by atoms with Crippen LogP contribution in [0.15, 0.2) is 18.2 Å². The largest absolute Gasteiger partial charge is 0.486 e. The van der Waals surface area contributed by atoms with E-state index in [0.717, 1.165) is 17.9 Å². The Balaban J connectivity index is 0.000000450. The molecule has 1 aliphatic heterocycles. The summed E-state index contributed by atoms with van der Waals surface area (Å²) in [6.07, 6.45) is 2.29. The van der Waals surface area contributed by atoms with Crippen LogP contribution in [0.4, 0.5) is 0 Å². The van der Waals surface area contributed by atoms with Gasteiger partial charge in [0.2, 0.25) is 0 Å². The van der Waals surface area contributed by atoms with Gasteiger partial charge in [-0.1, -0.05) is 47.1 Å². The number of hydrogen-bond donors (Lipinski definition) is 0. The Morgan fingerprint density at radius 1 is 0.941 bits per heavy atom. The van der Waals surface area contributed by atoms with Crippen molar-refractivity contribution in [1.29, 1.82) is 0 Å². The lowest BCUT2D eigenvalue weighted by atomic mass is 10.1. The van der Waals surface area contributed by atoms with Crippen LogP contribution in [0.1, 0.15) is 46.6 Å². The number of aryl methyl sites for hydroxylation is 1. The highest BCUT2D eigenvalue weighted by Crippen LogP contribution is 2.30. The molecular formula is C15H26O2. The zero-order chi connectivity index (χ0) is 13.1. The smallest absolute Gasteiger partial charge is 0.161 e. The molecule has 0 radical (unpaired) electrons. The number of hydrogen-bond acceptors (Lipinski definition) is 2. The summed E-state index contributed by atoms with van der Waals surface area (Å²) in [5.74, 6) is 1.76. The molecule has 0 bridgehead atoms. The molecule has 98 valence electrons. The van der Waals surface area contributed by atoms with Crippen molar-refractivity contribution in [2.24, 2.45) is 0 Å². The third kappa shape index (κ3) is 5.62. The third-order valence-corrected chi connectivity index (χ3v) is 2.01. The van der Waals surface area contributed by atoms with Gasteiger partial charge >= 0.3 is 0 Å². The Bertz CT molecular complexity index is 295. The van der Waals surface area contributed by atoms with Gasteiger partial charge in [0.15, 0.2) is 11.5 Å². The molecule has 0 N–H and O–H groups in total. The molecule has 1 heterocycles. The summed E-state index contributed by atoms with van der Waals surface area (Å²) in [7, 11) is 0. The van der Waals surface area contributed by atoms with Gasteiger partial charge < -0.3 is 9.47 Å². The normalized spacial score (nSPS) is 11.6. The van der Waals surface area contributed by atoms with Crippen molar-refractivity contribution < 1.29 is 9.47 Å². The first-order valence-corrected chi connectivity index (χ1v) is 6.70. The van der Waals surface area contributed by atoms with Gasteiger partial charge in [-0.25, -0.2) is 0 Å². The third-order valence-electron chi connectivity index (χ3n) is 2.01. The fourth-order valence-electron chi connectivity index (χ4n) is 1.31. The first kappa shape index (κ1) is 15.8. The first-order valence-electron chi connectivity index (χ1n) is 6.70. The molecule has 17 heavy (non-hydrogen) atoms. The van der Waals surface area contributed by atoms with E-state index in [1.165, 1.54) is 12.0 Å². The fourth-order valence-corrected chi connectivity index (χ4v) is 1.31. The zero-order valence-electron chi connectivity index (χ0n) is 11.9. The van der Waals surface area contributed by atoms with Crippen LogP contribution in [0.25, 0.3) is 0 Å². The molecule has 2 heteroatoms. The van der Waals surface area contributed by atoms with Crippen LogP contribution >= 0.6 is 0 Å². The summed E-state index contributed by atoms with van der Waals surface area (Å²) in [6, 6.07) is 6.11. The minimum Gasteiger partial charge on any atom is -0.486 e. The molecule has 0 unspecified atom stereocenters. The van der Waals surface area contributed by atoms with E-state index >= 15 is 0 Å². The van der Waals surface area contributed by atoms with Crippen molar-refractivity contribution in [3.8, 4) is 11.5 Å². The average molecular weight is 238 g/mol. The van der Waals surface area contributed by atoms with Crippen molar-refractivity contribution >= 4 is 0 Å². The number of rotatable bonds is 1. The molecule has 2 nitrogen and oxygen atoms in total. The monoisotopic (exact) mass is 238 g/mol. The van der Waals surface area contributed by atoms with Crippen LogP contribution in [0, 0.1) is 0 Å². The van der Waals surface area contributed by atoms with Gasteiger partial charge in [-0.15, -0.1) is 0 Å². The molecule has 1 aromatic rings. The van der Waals surface area contributed by atoms with Crippen LogP contribution in [0.5, 0.6) is 11.5 Å². The minimum absolute atomic E-state index is 0.665. The maximum absolute atomic E-state index is 5.44. The lowest BCUT2D eigenvalue weighted by Crippen LogP contribution is -2.15. The summed E-state index contributed by atoms with van der Waals surface area (Å²) in [5, 5.41) is 0. The van der Waals surface area contributed by atoms with Gasteiger partial charge in [-0.3, -0.25) is 0 Å². The average Bonchev–Trinajstić information content (AvgIpc) is 2.41. The number of ether oxygens (including phenoxy) is 2. The molecule has 2 rings (SSSR count). The molecule has 0 saturated heterocycles. The second-order valence-corrected chi connectivity index (χ2v) is 3.54. The van der Waals surface area contributed by atoms with Crippen molar-refractivity contribution in [2.75, 3.05) is 13.2 Å². The predicted octanol–water partition coefficient (Wildman–Crippen LogP) is 4.46. The molecule has 0 saturated carbocycles. The molecule has 1 aromatic carbocycles. The lowest BCUT2D eigenvalue weighted by molar-refractivity contribution is 0.171. The van der Waals surface area contributed by atoms with E-state index in [2.05, 4.69) is 32.9 Å². The van der Waals surface area contributed by atoms with Crippen LogP contribution < -0.4 is 9.47 Å². The first-order chi connectivity index (χ1) is 8.31. The van der Waals surface area contributed by atoms with E-state index in [1.807, 2.05) is 19.9 Å². The minimum atomic E-state index is 0.665. The maximum Gasteiger partial charge on any atom is 0.161 e. The molecule has 0 aromatic heterocycles. The van der Waals surface area contributed by atoms with Crippen LogP contribution in [-0.4, -0.2) is 13.2 Å². The maximum atomic E-state index is 5.44. The summed E-state index contributed by atoms with van der Waals surface area (Å²) < 4.78 is 10.8. The summed E-state index contributed by atoms with van der Waals surface area (Å²) in [6.45, 7) is 11.7. The molecule has 0 atom stereocenters. The number of benzene rings is 1. The summed E-state index contributed by atoms with van der Waals surface area (Å²) in [5.41, 5.74) is 1.29. The van der Waals surface area contributed by atoms with Crippen LogP contribution in [0.3, 0.4) is 0 Å². The van der Waals surface area contributed by atoms with Crippen molar-refractivity contribution in [2.45, 2.75) is 47.5 Å². The Morgan fingerprint density at radius 2 is 1.47 bits per heavy atom. The Kier molecular flexibility index (Phi) is 9.31. The lowest BCUT2D eigenvalue weighted by Gasteiger charge is -2.18. The van der Waals surface area contributed by atoms with E-state index in [-0.39, 0.29) is 0 Å². The standard InChI is InChI=1S/C10H12O2.C3H8.C2H6/c1-2-8-3-4-9-10(7-8)12-6-5-11-9;1-3-2;1-2/h3-4,7H,2,5-6H2,1H3;3H2,1-2H3;1-2H3. The molecular weight excluding hydrogens is 212 g/mol. The highest BCUT2D eigenvalue weighted by atomic mass is 16.6.